The fourth-order valence-corrected chi connectivity index (χ4v) is 3.79. The van der Waals surface area contributed by atoms with Crippen LogP contribution in [0, 0.1) is 0 Å². The number of aromatic nitrogens is 3. The summed E-state index contributed by atoms with van der Waals surface area (Å²) in [6, 6.07) is 15.5. The van der Waals surface area contributed by atoms with Crippen molar-refractivity contribution in [2.24, 2.45) is 0 Å². The second kappa shape index (κ2) is 6.14. The van der Waals surface area contributed by atoms with Crippen LogP contribution in [-0.2, 0) is 13.1 Å². The topological polar surface area (TPSA) is 61.9 Å². The molecule has 0 saturated carbocycles. The van der Waals surface area contributed by atoms with Gasteiger partial charge in [0.05, 0.1) is 34.2 Å². The summed E-state index contributed by atoms with van der Waals surface area (Å²) in [6.45, 7) is 1.28. The molecule has 2 heterocycles. The Bertz CT molecular complexity index is 1040. The molecule has 5 nitrogen and oxygen atoms in total. The minimum absolute atomic E-state index is 0.0935. The first-order valence-electron chi connectivity index (χ1n) is 7.70. The highest BCUT2D eigenvalue weighted by molar-refractivity contribution is 7.18. The number of H-pyrrole nitrogens is 1. The summed E-state index contributed by atoms with van der Waals surface area (Å²) in [4.78, 5) is 26.3. The number of aromatic amines is 1. The monoisotopic (exact) mass is 336 g/mol. The van der Waals surface area contributed by atoms with Crippen LogP contribution in [0.5, 0.6) is 0 Å². The van der Waals surface area contributed by atoms with Crippen LogP contribution in [0.3, 0.4) is 0 Å². The number of fused-ring (bicyclic) bond motifs is 2. The quantitative estimate of drug-likeness (QED) is 0.622. The highest BCUT2D eigenvalue weighted by Crippen LogP contribution is 2.22. The van der Waals surface area contributed by atoms with Gasteiger partial charge in [-0.05, 0) is 31.3 Å². The lowest BCUT2D eigenvalue weighted by Gasteiger charge is -2.14. The molecule has 2 aromatic carbocycles. The molecule has 4 aromatic rings. The van der Waals surface area contributed by atoms with Crippen molar-refractivity contribution in [1.29, 1.82) is 0 Å². The number of benzene rings is 2. The third-order valence-corrected chi connectivity index (χ3v) is 4.85. The Morgan fingerprint density at radius 2 is 1.75 bits per heavy atom. The molecular formula is C18H16N4OS. The zero-order chi connectivity index (χ0) is 16.5. The number of nitrogens with one attached hydrogen (secondary N) is 1. The van der Waals surface area contributed by atoms with Gasteiger partial charge in [-0.2, -0.15) is 0 Å². The Kier molecular flexibility index (Phi) is 3.84. The lowest BCUT2D eigenvalue weighted by molar-refractivity contribution is 0.310. The highest BCUT2D eigenvalue weighted by atomic mass is 32.1. The van der Waals surface area contributed by atoms with Crippen molar-refractivity contribution in [2.45, 2.75) is 13.1 Å². The fraction of sp³-hybridized carbons (Fsp3) is 0.167. The zero-order valence-electron chi connectivity index (χ0n) is 13.2. The number of hydrogen-bond donors (Lipinski definition) is 1. The van der Waals surface area contributed by atoms with Crippen molar-refractivity contribution in [3.63, 3.8) is 0 Å². The Hall–Kier alpha value is -2.57. The normalized spacial score (nSPS) is 11.6. The van der Waals surface area contributed by atoms with E-state index in [0.29, 0.717) is 17.8 Å². The number of hydrogen-bond acceptors (Lipinski definition) is 5. The predicted octanol–water partition coefficient (Wildman–Crippen LogP) is 3.16. The molecule has 0 aliphatic rings. The molecule has 0 bridgehead atoms. The summed E-state index contributed by atoms with van der Waals surface area (Å²) in [5, 5.41) is 1.68. The van der Waals surface area contributed by atoms with Gasteiger partial charge in [0.25, 0.3) is 5.56 Å². The molecular weight excluding hydrogens is 320 g/mol. The van der Waals surface area contributed by atoms with Gasteiger partial charge < -0.3 is 4.98 Å². The van der Waals surface area contributed by atoms with E-state index in [1.807, 2.05) is 43.4 Å². The van der Waals surface area contributed by atoms with Gasteiger partial charge in [-0.1, -0.05) is 24.3 Å². The van der Waals surface area contributed by atoms with Crippen LogP contribution in [-0.4, -0.2) is 26.9 Å². The summed E-state index contributed by atoms with van der Waals surface area (Å²) in [5.74, 6) is 0.669. The van der Waals surface area contributed by atoms with E-state index in [1.165, 1.54) is 4.70 Å². The van der Waals surface area contributed by atoms with Crippen molar-refractivity contribution in [3.8, 4) is 0 Å². The second-order valence-electron chi connectivity index (χ2n) is 5.78. The van der Waals surface area contributed by atoms with Gasteiger partial charge in [0.15, 0.2) is 0 Å². The maximum atomic E-state index is 12.1. The van der Waals surface area contributed by atoms with Crippen LogP contribution in [0.2, 0.25) is 0 Å². The van der Waals surface area contributed by atoms with E-state index < -0.39 is 0 Å². The van der Waals surface area contributed by atoms with Gasteiger partial charge in [0, 0.05) is 0 Å². The maximum Gasteiger partial charge on any atom is 0.258 e. The molecule has 0 saturated heterocycles. The van der Waals surface area contributed by atoms with E-state index in [9.17, 15) is 4.79 Å². The minimum atomic E-state index is -0.0935. The van der Waals surface area contributed by atoms with Gasteiger partial charge in [0.1, 0.15) is 10.8 Å². The first-order chi connectivity index (χ1) is 11.7. The van der Waals surface area contributed by atoms with Gasteiger partial charge in [-0.3, -0.25) is 9.69 Å². The van der Waals surface area contributed by atoms with E-state index in [4.69, 9.17) is 0 Å². The first-order valence-corrected chi connectivity index (χ1v) is 8.51. The van der Waals surface area contributed by atoms with Crippen molar-refractivity contribution < 1.29 is 0 Å². The average Bonchev–Trinajstić information content (AvgIpc) is 2.96. The fourth-order valence-electron chi connectivity index (χ4n) is 2.74. The number of nitrogens with zero attached hydrogens (tertiary/aromatic N) is 3. The standard InChI is InChI=1S/C18H16N4OS/c1-22(11-17-20-14-8-4-5-9-15(14)24-17)10-16-19-13-7-3-2-6-12(13)18(23)21-16/h2-9H,10-11H2,1H3,(H,19,21,23). The number of para-hydroxylation sites is 2. The van der Waals surface area contributed by atoms with Gasteiger partial charge >= 0.3 is 0 Å². The minimum Gasteiger partial charge on any atom is -0.309 e. The van der Waals surface area contributed by atoms with Crippen molar-refractivity contribution in [2.75, 3.05) is 7.05 Å². The first kappa shape index (κ1) is 15.0. The van der Waals surface area contributed by atoms with E-state index >= 15 is 0 Å². The van der Waals surface area contributed by atoms with Crippen LogP contribution >= 0.6 is 11.3 Å². The van der Waals surface area contributed by atoms with Crippen LogP contribution in [0.25, 0.3) is 21.1 Å². The summed E-state index contributed by atoms with van der Waals surface area (Å²) in [7, 11) is 2.00. The molecule has 1 N–H and O–H groups in total. The summed E-state index contributed by atoms with van der Waals surface area (Å²) < 4.78 is 1.19. The van der Waals surface area contributed by atoms with Crippen molar-refractivity contribution in [1.82, 2.24) is 19.9 Å². The Balaban J connectivity index is 1.55. The Labute approximate surface area is 142 Å². The largest absolute Gasteiger partial charge is 0.309 e. The molecule has 2 aromatic heterocycles. The predicted molar refractivity (Wildman–Crippen MR) is 97.2 cm³/mol. The molecule has 120 valence electrons. The van der Waals surface area contributed by atoms with Crippen molar-refractivity contribution in [3.05, 3.63) is 69.7 Å². The van der Waals surface area contributed by atoms with Gasteiger partial charge in [-0.25, -0.2) is 9.97 Å². The van der Waals surface area contributed by atoms with Crippen LogP contribution in [0.4, 0.5) is 0 Å². The van der Waals surface area contributed by atoms with E-state index in [1.54, 1.807) is 17.4 Å². The van der Waals surface area contributed by atoms with E-state index in [-0.39, 0.29) is 5.56 Å². The van der Waals surface area contributed by atoms with E-state index in [0.717, 1.165) is 22.6 Å². The molecule has 0 aliphatic carbocycles. The average molecular weight is 336 g/mol. The molecule has 24 heavy (non-hydrogen) atoms. The van der Waals surface area contributed by atoms with Crippen LogP contribution in [0.1, 0.15) is 10.8 Å². The zero-order valence-corrected chi connectivity index (χ0v) is 14.0. The van der Waals surface area contributed by atoms with Crippen LogP contribution < -0.4 is 5.56 Å². The van der Waals surface area contributed by atoms with Crippen LogP contribution in [0.15, 0.2) is 53.3 Å². The molecule has 4 rings (SSSR count). The summed E-state index contributed by atoms with van der Waals surface area (Å²) in [5.41, 5.74) is 1.66. The third-order valence-electron chi connectivity index (χ3n) is 3.82. The molecule has 0 unspecified atom stereocenters. The van der Waals surface area contributed by atoms with Crippen molar-refractivity contribution >= 4 is 32.5 Å². The Morgan fingerprint density at radius 3 is 2.58 bits per heavy atom. The molecule has 0 aliphatic heterocycles. The maximum absolute atomic E-state index is 12.1. The molecule has 0 atom stereocenters. The lowest BCUT2D eigenvalue weighted by atomic mass is 10.2. The lowest BCUT2D eigenvalue weighted by Crippen LogP contribution is -2.21. The SMILES string of the molecule is CN(Cc1nc2ccccc2c(=O)[nH]1)Cc1nc2ccccc2s1. The number of rotatable bonds is 4. The summed E-state index contributed by atoms with van der Waals surface area (Å²) >= 11 is 1.70. The van der Waals surface area contributed by atoms with Gasteiger partial charge in [0.2, 0.25) is 0 Å². The van der Waals surface area contributed by atoms with Gasteiger partial charge in [-0.15, -0.1) is 11.3 Å². The molecule has 0 fully saturated rings. The van der Waals surface area contributed by atoms with E-state index in [2.05, 4.69) is 25.9 Å². The highest BCUT2D eigenvalue weighted by Gasteiger charge is 2.09. The number of thiazole rings is 1. The Morgan fingerprint density at radius 1 is 1.00 bits per heavy atom. The molecule has 0 amide bonds. The summed E-state index contributed by atoms with van der Waals surface area (Å²) in [6.07, 6.45) is 0. The smallest absolute Gasteiger partial charge is 0.258 e. The second-order valence-corrected chi connectivity index (χ2v) is 6.89. The molecule has 6 heteroatoms. The molecule has 0 spiro atoms. The molecule has 0 radical (unpaired) electrons. The third kappa shape index (κ3) is 2.93.